The maximum absolute atomic E-state index is 13.1. The van der Waals surface area contributed by atoms with E-state index < -0.39 is 0 Å². The zero-order valence-electron chi connectivity index (χ0n) is 10.3. The Morgan fingerprint density at radius 1 is 1.22 bits per heavy atom. The van der Waals surface area contributed by atoms with E-state index in [-0.39, 0.29) is 5.82 Å². The van der Waals surface area contributed by atoms with Crippen LogP contribution in [-0.4, -0.2) is 4.98 Å². The van der Waals surface area contributed by atoms with Gasteiger partial charge in [-0.1, -0.05) is 15.9 Å². The maximum Gasteiger partial charge on any atom is 0.123 e. The molecule has 0 spiro atoms. The maximum atomic E-state index is 13.1. The lowest BCUT2D eigenvalue weighted by Gasteiger charge is -2.10. The number of aromatic nitrogens is 1. The third kappa shape index (κ3) is 3.07. The van der Waals surface area contributed by atoms with Crippen molar-refractivity contribution in [3.63, 3.8) is 0 Å². The van der Waals surface area contributed by atoms with Crippen molar-refractivity contribution in [1.29, 1.82) is 0 Å². The van der Waals surface area contributed by atoms with Gasteiger partial charge in [-0.25, -0.2) is 4.39 Å². The van der Waals surface area contributed by atoms with Gasteiger partial charge >= 0.3 is 0 Å². The van der Waals surface area contributed by atoms with Gasteiger partial charge in [0.2, 0.25) is 0 Å². The molecule has 0 unspecified atom stereocenters. The van der Waals surface area contributed by atoms with Gasteiger partial charge in [0.1, 0.15) is 5.82 Å². The minimum absolute atomic E-state index is 0.228. The fourth-order valence-electron chi connectivity index (χ4n) is 1.74. The Bertz CT molecular complexity index is 570. The standard InChI is InChI=1S/C14H14BrFN2/c1-9-3-6-14(10(2)18-9)17-8-11-7-12(16)4-5-13(11)15/h3-7,17H,8H2,1-2H3. The van der Waals surface area contributed by atoms with Gasteiger partial charge in [0.25, 0.3) is 0 Å². The fraction of sp³-hybridized carbons (Fsp3) is 0.214. The molecule has 0 amide bonds. The molecule has 0 saturated heterocycles. The molecule has 0 aliphatic carbocycles. The second kappa shape index (κ2) is 5.48. The summed E-state index contributed by atoms with van der Waals surface area (Å²) in [5.41, 5.74) is 3.79. The minimum atomic E-state index is -0.228. The molecule has 1 aromatic heterocycles. The molecule has 0 radical (unpaired) electrons. The highest BCUT2D eigenvalue weighted by molar-refractivity contribution is 9.10. The predicted octanol–water partition coefficient (Wildman–Crippen LogP) is 4.21. The smallest absolute Gasteiger partial charge is 0.123 e. The zero-order chi connectivity index (χ0) is 13.1. The second-order valence-corrected chi connectivity index (χ2v) is 5.03. The molecular formula is C14H14BrFN2. The average molecular weight is 309 g/mol. The largest absolute Gasteiger partial charge is 0.379 e. The molecule has 0 aliphatic rings. The van der Waals surface area contributed by atoms with E-state index in [1.807, 2.05) is 26.0 Å². The summed E-state index contributed by atoms with van der Waals surface area (Å²) in [5, 5.41) is 3.27. The van der Waals surface area contributed by atoms with Gasteiger partial charge in [0.05, 0.1) is 11.4 Å². The Balaban J connectivity index is 2.13. The summed E-state index contributed by atoms with van der Waals surface area (Å²) in [6.07, 6.45) is 0. The van der Waals surface area contributed by atoms with Crippen LogP contribution in [0, 0.1) is 19.7 Å². The van der Waals surface area contributed by atoms with E-state index in [4.69, 9.17) is 0 Å². The lowest BCUT2D eigenvalue weighted by Crippen LogP contribution is -2.03. The van der Waals surface area contributed by atoms with Gasteiger partial charge in [0.15, 0.2) is 0 Å². The Hall–Kier alpha value is -1.42. The summed E-state index contributed by atoms with van der Waals surface area (Å²) >= 11 is 3.41. The first kappa shape index (κ1) is 13.0. The fourth-order valence-corrected chi connectivity index (χ4v) is 2.13. The van der Waals surface area contributed by atoms with E-state index in [2.05, 4.69) is 26.2 Å². The highest BCUT2D eigenvalue weighted by Crippen LogP contribution is 2.20. The summed E-state index contributed by atoms with van der Waals surface area (Å²) < 4.78 is 14.0. The SMILES string of the molecule is Cc1ccc(NCc2cc(F)ccc2Br)c(C)n1. The van der Waals surface area contributed by atoms with Crippen LogP contribution in [0.5, 0.6) is 0 Å². The predicted molar refractivity (Wildman–Crippen MR) is 75.1 cm³/mol. The van der Waals surface area contributed by atoms with E-state index in [9.17, 15) is 4.39 Å². The van der Waals surface area contributed by atoms with E-state index in [1.165, 1.54) is 12.1 Å². The zero-order valence-corrected chi connectivity index (χ0v) is 11.9. The summed E-state index contributed by atoms with van der Waals surface area (Å²) in [6.45, 7) is 4.47. The van der Waals surface area contributed by atoms with Crippen molar-refractivity contribution < 1.29 is 4.39 Å². The van der Waals surface area contributed by atoms with Crippen molar-refractivity contribution in [3.05, 3.63) is 57.6 Å². The number of nitrogens with zero attached hydrogens (tertiary/aromatic N) is 1. The highest BCUT2D eigenvalue weighted by Gasteiger charge is 2.04. The molecule has 1 aromatic carbocycles. The Kier molecular flexibility index (Phi) is 3.97. The van der Waals surface area contributed by atoms with Crippen molar-refractivity contribution in [2.75, 3.05) is 5.32 Å². The number of pyridine rings is 1. The van der Waals surface area contributed by atoms with Crippen LogP contribution in [0.4, 0.5) is 10.1 Å². The van der Waals surface area contributed by atoms with Gasteiger partial charge < -0.3 is 5.32 Å². The minimum Gasteiger partial charge on any atom is -0.379 e. The Morgan fingerprint density at radius 3 is 2.72 bits per heavy atom. The van der Waals surface area contributed by atoms with Gasteiger partial charge in [-0.15, -0.1) is 0 Å². The Labute approximate surface area is 114 Å². The first-order chi connectivity index (χ1) is 8.56. The van der Waals surface area contributed by atoms with Crippen molar-refractivity contribution >= 4 is 21.6 Å². The van der Waals surface area contributed by atoms with Crippen LogP contribution >= 0.6 is 15.9 Å². The molecule has 2 aromatic rings. The number of hydrogen-bond acceptors (Lipinski definition) is 2. The van der Waals surface area contributed by atoms with Gasteiger partial charge in [-0.05, 0) is 49.7 Å². The molecule has 0 fully saturated rings. The van der Waals surface area contributed by atoms with Gasteiger partial charge in [-0.2, -0.15) is 0 Å². The number of nitrogens with one attached hydrogen (secondary N) is 1. The monoisotopic (exact) mass is 308 g/mol. The van der Waals surface area contributed by atoms with Crippen LogP contribution in [0.3, 0.4) is 0 Å². The molecule has 94 valence electrons. The van der Waals surface area contributed by atoms with Gasteiger partial charge in [-0.3, -0.25) is 4.98 Å². The third-order valence-electron chi connectivity index (χ3n) is 2.70. The summed E-state index contributed by atoms with van der Waals surface area (Å²) in [7, 11) is 0. The second-order valence-electron chi connectivity index (χ2n) is 4.17. The van der Waals surface area contributed by atoms with E-state index in [0.717, 1.165) is 27.1 Å². The summed E-state index contributed by atoms with van der Waals surface area (Å²) in [6, 6.07) is 8.62. The van der Waals surface area contributed by atoms with E-state index >= 15 is 0 Å². The van der Waals surface area contributed by atoms with Crippen LogP contribution < -0.4 is 5.32 Å². The van der Waals surface area contributed by atoms with E-state index in [1.54, 1.807) is 6.07 Å². The highest BCUT2D eigenvalue weighted by atomic mass is 79.9. The van der Waals surface area contributed by atoms with Crippen molar-refractivity contribution in [2.45, 2.75) is 20.4 Å². The normalized spacial score (nSPS) is 10.4. The van der Waals surface area contributed by atoms with Crippen LogP contribution in [-0.2, 0) is 6.54 Å². The van der Waals surface area contributed by atoms with Gasteiger partial charge in [0, 0.05) is 16.7 Å². The van der Waals surface area contributed by atoms with Crippen LogP contribution in [0.2, 0.25) is 0 Å². The molecule has 0 saturated carbocycles. The third-order valence-corrected chi connectivity index (χ3v) is 3.48. The lowest BCUT2D eigenvalue weighted by atomic mass is 10.2. The summed E-state index contributed by atoms with van der Waals surface area (Å²) in [4.78, 5) is 4.38. The van der Waals surface area contributed by atoms with E-state index in [0.29, 0.717) is 6.54 Å². The first-order valence-corrected chi connectivity index (χ1v) is 6.47. The molecule has 1 N–H and O–H groups in total. The van der Waals surface area contributed by atoms with Crippen LogP contribution in [0.15, 0.2) is 34.8 Å². The summed E-state index contributed by atoms with van der Waals surface area (Å²) in [5.74, 6) is -0.228. The molecule has 18 heavy (non-hydrogen) atoms. The van der Waals surface area contributed by atoms with Crippen molar-refractivity contribution in [3.8, 4) is 0 Å². The number of halogens is 2. The molecule has 0 bridgehead atoms. The lowest BCUT2D eigenvalue weighted by molar-refractivity contribution is 0.625. The molecular weight excluding hydrogens is 295 g/mol. The number of anilines is 1. The van der Waals surface area contributed by atoms with Crippen molar-refractivity contribution in [2.24, 2.45) is 0 Å². The number of hydrogen-bond donors (Lipinski definition) is 1. The quantitative estimate of drug-likeness (QED) is 0.918. The Morgan fingerprint density at radius 2 is 2.00 bits per heavy atom. The molecule has 2 nitrogen and oxygen atoms in total. The number of aryl methyl sites for hydroxylation is 2. The topological polar surface area (TPSA) is 24.9 Å². The number of benzene rings is 1. The molecule has 4 heteroatoms. The number of rotatable bonds is 3. The molecule has 0 atom stereocenters. The molecule has 0 aliphatic heterocycles. The van der Waals surface area contributed by atoms with Crippen LogP contribution in [0.1, 0.15) is 17.0 Å². The first-order valence-electron chi connectivity index (χ1n) is 5.68. The molecule has 2 rings (SSSR count). The average Bonchev–Trinajstić information content (AvgIpc) is 2.32. The molecule has 1 heterocycles. The van der Waals surface area contributed by atoms with Crippen molar-refractivity contribution in [1.82, 2.24) is 4.98 Å². The van der Waals surface area contributed by atoms with Crippen LogP contribution in [0.25, 0.3) is 0 Å².